The Labute approximate surface area is 166 Å². The number of hydrogen-bond donors (Lipinski definition) is 2. The van der Waals surface area contributed by atoms with Crippen LogP contribution in [0, 0.1) is 5.41 Å². The highest BCUT2D eigenvalue weighted by Crippen LogP contribution is 2.38. The first-order chi connectivity index (χ1) is 12.6. The minimum absolute atomic E-state index is 0. The molecule has 0 spiro atoms. The van der Waals surface area contributed by atoms with Gasteiger partial charge in [0, 0.05) is 6.42 Å². The lowest BCUT2D eigenvalue weighted by molar-refractivity contribution is -0.124. The van der Waals surface area contributed by atoms with Crippen molar-refractivity contribution in [2.24, 2.45) is 11.1 Å². The first-order valence-electron chi connectivity index (χ1n) is 9.46. The lowest BCUT2D eigenvalue weighted by atomic mass is 9.71. The maximum absolute atomic E-state index is 12.5. The van der Waals surface area contributed by atoms with E-state index in [1.165, 1.54) is 6.42 Å². The van der Waals surface area contributed by atoms with E-state index in [0.29, 0.717) is 31.1 Å². The van der Waals surface area contributed by atoms with Gasteiger partial charge in [0.2, 0.25) is 11.8 Å². The second kappa shape index (κ2) is 9.85. The summed E-state index contributed by atoms with van der Waals surface area (Å²) in [6.07, 6.45) is 6.70. The number of carbonyl (C=O) groups is 1. The summed E-state index contributed by atoms with van der Waals surface area (Å²) in [5.74, 6) is 1.08. The molecule has 1 unspecified atom stereocenters. The first-order valence-corrected chi connectivity index (χ1v) is 9.46. The van der Waals surface area contributed by atoms with E-state index in [1.54, 1.807) is 0 Å². The second-order valence-corrected chi connectivity index (χ2v) is 7.44. The van der Waals surface area contributed by atoms with Crippen molar-refractivity contribution in [3.05, 3.63) is 47.6 Å². The summed E-state index contributed by atoms with van der Waals surface area (Å²) in [5, 5.41) is 7.02. The second-order valence-electron chi connectivity index (χ2n) is 7.44. The van der Waals surface area contributed by atoms with Crippen molar-refractivity contribution in [1.82, 2.24) is 15.5 Å². The largest absolute Gasteiger partial charge is 0.346 e. The maximum atomic E-state index is 12.5. The Hall–Kier alpha value is -1.92. The highest BCUT2D eigenvalue weighted by atomic mass is 35.5. The van der Waals surface area contributed by atoms with Gasteiger partial charge in [0.15, 0.2) is 5.82 Å². The molecular weight excluding hydrogens is 364 g/mol. The molecule has 0 radical (unpaired) electrons. The molecule has 0 aliphatic heterocycles. The number of hydrogen-bond acceptors (Lipinski definition) is 5. The predicted octanol–water partition coefficient (Wildman–Crippen LogP) is 3.56. The lowest BCUT2D eigenvalue weighted by Crippen LogP contribution is -2.39. The Balaban J connectivity index is 0.00000261. The van der Waals surface area contributed by atoms with Gasteiger partial charge in [-0.3, -0.25) is 4.79 Å². The predicted molar refractivity (Wildman–Crippen MR) is 107 cm³/mol. The Morgan fingerprint density at radius 2 is 1.96 bits per heavy atom. The van der Waals surface area contributed by atoms with Crippen LogP contribution in [-0.2, 0) is 11.2 Å². The van der Waals surface area contributed by atoms with Crippen LogP contribution < -0.4 is 11.1 Å². The van der Waals surface area contributed by atoms with Crippen molar-refractivity contribution >= 4 is 18.3 Å². The average Bonchev–Trinajstić information content (AvgIpc) is 3.12. The van der Waals surface area contributed by atoms with Crippen molar-refractivity contribution in [2.75, 3.05) is 6.54 Å². The maximum Gasteiger partial charge on any atom is 0.231 e. The molecule has 1 aromatic carbocycles. The normalized spacial score (nSPS) is 17.0. The fraction of sp³-hybridized carbons (Fsp3) is 0.550. The third-order valence-electron chi connectivity index (χ3n) is 5.33. The van der Waals surface area contributed by atoms with Crippen LogP contribution in [0.15, 0.2) is 34.9 Å². The number of benzene rings is 1. The molecular formula is C20H29ClN4O2. The molecule has 1 aliphatic rings. The van der Waals surface area contributed by atoms with Crippen LogP contribution in [0.25, 0.3) is 0 Å². The van der Waals surface area contributed by atoms with Gasteiger partial charge in [-0.1, -0.05) is 54.8 Å². The molecule has 27 heavy (non-hydrogen) atoms. The number of rotatable bonds is 7. The van der Waals surface area contributed by atoms with Gasteiger partial charge in [-0.15, -0.1) is 12.4 Å². The molecule has 7 heteroatoms. The number of amides is 1. The fourth-order valence-corrected chi connectivity index (χ4v) is 3.74. The molecule has 1 amide bonds. The molecule has 148 valence electrons. The van der Waals surface area contributed by atoms with Gasteiger partial charge in [-0.2, -0.15) is 4.98 Å². The quantitative estimate of drug-likeness (QED) is 0.751. The van der Waals surface area contributed by atoms with E-state index in [4.69, 9.17) is 10.3 Å². The summed E-state index contributed by atoms with van der Waals surface area (Å²) in [4.78, 5) is 16.9. The van der Waals surface area contributed by atoms with Crippen molar-refractivity contribution in [3.63, 3.8) is 0 Å². The van der Waals surface area contributed by atoms with Crippen molar-refractivity contribution < 1.29 is 9.32 Å². The van der Waals surface area contributed by atoms with E-state index < -0.39 is 0 Å². The molecule has 0 bridgehead atoms. The molecule has 1 aromatic heterocycles. The summed E-state index contributed by atoms with van der Waals surface area (Å²) in [7, 11) is 0. The van der Waals surface area contributed by atoms with E-state index in [2.05, 4.69) is 15.5 Å². The molecule has 1 fully saturated rings. The van der Waals surface area contributed by atoms with Crippen molar-refractivity contribution in [2.45, 2.75) is 57.9 Å². The zero-order valence-corrected chi connectivity index (χ0v) is 16.6. The molecule has 1 aliphatic carbocycles. The zero-order valence-electron chi connectivity index (χ0n) is 15.8. The molecule has 2 aromatic rings. The molecule has 1 heterocycles. The van der Waals surface area contributed by atoms with E-state index >= 15 is 0 Å². The molecule has 6 nitrogen and oxygen atoms in total. The smallest absolute Gasteiger partial charge is 0.231 e. The average molecular weight is 393 g/mol. The summed E-state index contributed by atoms with van der Waals surface area (Å²) >= 11 is 0. The van der Waals surface area contributed by atoms with Gasteiger partial charge >= 0.3 is 0 Å². The Morgan fingerprint density at radius 3 is 2.63 bits per heavy atom. The van der Waals surface area contributed by atoms with Crippen LogP contribution in [-0.4, -0.2) is 22.6 Å². The molecule has 1 atom stereocenters. The standard InChI is InChI=1S/C20H28N4O2.ClH/c1-15(22-17(25)13-20(14-21)10-6-3-7-11-20)19-23-18(26-24-19)12-16-8-4-2-5-9-16;/h2,4-5,8-9,15H,3,6-7,10-14,21H2,1H3,(H,22,25);1H. The van der Waals surface area contributed by atoms with Crippen molar-refractivity contribution in [3.8, 4) is 0 Å². The minimum atomic E-state index is -0.283. The van der Waals surface area contributed by atoms with Crippen LogP contribution in [0.3, 0.4) is 0 Å². The van der Waals surface area contributed by atoms with E-state index in [0.717, 1.165) is 31.2 Å². The SMILES string of the molecule is CC(NC(=O)CC1(CN)CCCCC1)c1noc(Cc2ccccc2)n1.Cl. The van der Waals surface area contributed by atoms with E-state index in [9.17, 15) is 4.79 Å². The number of halogens is 1. The Kier molecular flexibility index (Phi) is 7.80. The van der Waals surface area contributed by atoms with Gasteiger partial charge in [0.25, 0.3) is 0 Å². The summed E-state index contributed by atoms with van der Waals surface area (Å²) < 4.78 is 5.33. The first kappa shape index (κ1) is 21.4. The molecule has 1 saturated carbocycles. The molecule has 3 rings (SSSR count). The number of carbonyl (C=O) groups excluding carboxylic acids is 1. The zero-order chi connectivity index (χ0) is 18.4. The third kappa shape index (κ3) is 5.78. The molecule has 3 N–H and O–H groups in total. The summed E-state index contributed by atoms with van der Waals surface area (Å²) in [6, 6.07) is 9.69. The van der Waals surface area contributed by atoms with Crippen LogP contribution in [0.4, 0.5) is 0 Å². The number of nitrogens with one attached hydrogen (secondary N) is 1. The molecule has 0 saturated heterocycles. The summed E-state index contributed by atoms with van der Waals surface area (Å²) in [6.45, 7) is 2.45. The van der Waals surface area contributed by atoms with Crippen LogP contribution >= 0.6 is 12.4 Å². The van der Waals surface area contributed by atoms with Gasteiger partial charge in [0.05, 0.1) is 12.5 Å². The minimum Gasteiger partial charge on any atom is -0.346 e. The topological polar surface area (TPSA) is 94.0 Å². The fourth-order valence-electron chi connectivity index (χ4n) is 3.74. The summed E-state index contributed by atoms with van der Waals surface area (Å²) in [5.41, 5.74) is 7.05. The van der Waals surface area contributed by atoms with E-state index in [-0.39, 0.29) is 29.8 Å². The van der Waals surface area contributed by atoms with Crippen LogP contribution in [0.1, 0.15) is 68.8 Å². The van der Waals surface area contributed by atoms with Gasteiger partial charge in [0.1, 0.15) is 0 Å². The van der Waals surface area contributed by atoms with Gasteiger partial charge in [-0.25, -0.2) is 0 Å². The number of nitrogens with zero attached hydrogens (tertiary/aromatic N) is 2. The monoisotopic (exact) mass is 392 g/mol. The highest BCUT2D eigenvalue weighted by Gasteiger charge is 2.33. The van der Waals surface area contributed by atoms with Crippen LogP contribution in [0.2, 0.25) is 0 Å². The highest BCUT2D eigenvalue weighted by molar-refractivity contribution is 5.85. The third-order valence-corrected chi connectivity index (χ3v) is 5.33. The Bertz CT molecular complexity index is 714. The van der Waals surface area contributed by atoms with Crippen LogP contribution in [0.5, 0.6) is 0 Å². The van der Waals surface area contributed by atoms with Crippen molar-refractivity contribution in [1.29, 1.82) is 0 Å². The van der Waals surface area contributed by atoms with Gasteiger partial charge in [-0.05, 0) is 37.3 Å². The Morgan fingerprint density at radius 1 is 1.26 bits per heavy atom. The number of nitrogens with two attached hydrogens (primary N) is 1. The number of aromatic nitrogens is 2. The van der Waals surface area contributed by atoms with Gasteiger partial charge < -0.3 is 15.6 Å². The lowest BCUT2D eigenvalue weighted by Gasteiger charge is -2.35. The van der Waals surface area contributed by atoms with E-state index in [1.807, 2.05) is 37.3 Å².